The van der Waals surface area contributed by atoms with Gasteiger partial charge in [0.25, 0.3) is 0 Å². The summed E-state index contributed by atoms with van der Waals surface area (Å²) < 4.78 is 25.5. The van der Waals surface area contributed by atoms with Crippen molar-refractivity contribution >= 4 is 9.84 Å². The monoisotopic (exact) mass is 301 g/mol. The molecule has 0 aliphatic rings. The van der Waals surface area contributed by atoms with Gasteiger partial charge in [-0.2, -0.15) is 5.10 Å². The molecule has 0 radical (unpaired) electrons. The summed E-state index contributed by atoms with van der Waals surface area (Å²) in [6, 6.07) is 0. The van der Waals surface area contributed by atoms with Crippen molar-refractivity contribution in [3.8, 4) is 0 Å². The Morgan fingerprint density at radius 1 is 1.15 bits per heavy atom. The Morgan fingerprint density at radius 2 is 1.85 bits per heavy atom. The molecule has 0 aliphatic carbocycles. The lowest BCUT2D eigenvalue weighted by atomic mass is 10.1. The van der Waals surface area contributed by atoms with Crippen LogP contribution in [0.2, 0.25) is 0 Å². The van der Waals surface area contributed by atoms with Gasteiger partial charge in [0, 0.05) is 11.4 Å². The van der Waals surface area contributed by atoms with E-state index < -0.39 is 9.84 Å². The number of nitrogens with zero attached hydrogens (tertiary/aromatic N) is 2. The first kappa shape index (κ1) is 17.2. The SMILES string of the molecule is CCCS(=O)(=O)CCn1nc(CC)c(CCN)c1CC. The van der Waals surface area contributed by atoms with Crippen LogP contribution in [0.3, 0.4) is 0 Å². The van der Waals surface area contributed by atoms with Crippen molar-refractivity contribution in [2.45, 2.75) is 53.0 Å². The summed E-state index contributed by atoms with van der Waals surface area (Å²) in [5, 5.41) is 4.58. The molecular formula is C14H27N3O2S. The molecule has 0 aromatic carbocycles. The molecule has 0 saturated carbocycles. The summed E-state index contributed by atoms with van der Waals surface area (Å²) >= 11 is 0. The Labute approximate surface area is 122 Å². The third-order valence-corrected chi connectivity index (χ3v) is 5.28. The molecule has 0 aliphatic heterocycles. The molecule has 0 fully saturated rings. The van der Waals surface area contributed by atoms with Gasteiger partial charge in [0.1, 0.15) is 0 Å². The summed E-state index contributed by atoms with van der Waals surface area (Å²) in [4.78, 5) is 0. The van der Waals surface area contributed by atoms with Gasteiger partial charge in [0.15, 0.2) is 9.84 Å². The van der Waals surface area contributed by atoms with Crippen LogP contribution in [0.1, 0.15) is 44.1 Å². The van der Waals surface area contributed by atoms with Gasteiger partial charge in [-0.05, 0) is 37.8 Å². The number of hydrogen-bond acceptors (Lipinski definition) is 4. The standard InChI is InChI=1S/C14H27N3O2S/c1-4-10-20(18,19)11-9-17-14(6-3)12(7-8-15)13(5-2)16-17/h4-11,15H2,1-3H3. The predicted molar refractivity (Wildman–Crippen MR) is 82.7 cm³/mol. The van der Waals surface area contributed by atoms with Gasteiger partial charge in [-0.25, -0.2) is 8.42 Å². The zero-order chi connectivity index (χ0) is 15.2. The van der Waals surface area contributed by atoms with E-state index in [4.69, 9.17) is 5.73 Å². The molecule has 0 atom stereocenters. The highest BCUT2D eigenvalue weighted by atomic mass is 32.2. The smallest absolute Gasteiger partial charge is 0.152 e. The van der Waals surface area contributed by atoms with Crippen LogP contribution in [0.4, 0.5) is 0 Å². The highest BCUT2D eigenvalue weighted by molar-refractivity contribution is 7.91. The van der Waals surface area contributed by atoms with E-state index in [0.717, 1.165) is 30.7 Å². The third-order valence-electron chi connectivity index (χ3n) is 3.44. The van der Waals surface area contributed by atoms with E-state index >= 15 is 0 Å². The van der Waals surface area contributed by atoms with Crippen LogP contribution in [-0.4, -0.2) is 36.2 Å². The number of hydrogen-bond donors (Lipinski definition) is 1. The second kappa shape index (κ2) is 7.78. The molecule has 0 spiro atoms. The minimum atomic E-state index is -2.96. The predicted octanol–water partition coefficient (Wildman–Crippen LogP) is 1.33. The number of aromatic nitrogens is 2. The molecule has 5 nitrogen and oxygen atoms in total. The van der Waals surface area contributed by atoms with Crippen LogP contribution in [0.15, 0.2) is 0 Å². The van der Waals surface area contributed by atoms with Crippen molar-refractivity contribution in [2.75, 3.05) is 18.1 Å². The maximum atomic E-state index is 11.8. The maximum Gasteiger partial charge on any atom is 0.152 e. The highest BCUT2D eigenvalue weighted by Crippen LogP contribution is 2.17. The fourth-order valence-corrected chi connectivity index (χ4v) is 3.80. The van der Waals surface area contributed by atoms with Crippen LogP contribution in [-0.2, 0) is 35.6 Å². The quantitative estimate of drug-likeness (QED) is 0.746. The minimum absolute atomic E-state index is 0.167. The Balaban J connectivity index is 2.95. The Bertz CT molecular complexity index is 521. The zero-order valence-electron chi connectivity index (χ0n) is 12.9. The van der Waals surface area contributed by atoms with Crippen LogP contribution >= 0.6 is 0 Å². The largest absolute Gasteiger partial charge is 0.330 e. The van der Waals surface area contributed by atoms with E-state index in [1.165, 1.54) is 5.56 Å². The Hall–Kier alpha value is -0.880. The maximum absolute atomic E-state index is 11.8. The van der Waals surface area contributed by atoms with Crippen molar-refractivity contribution in [1.82, 2.24) is 9.78 Å². The van der Waals surface area contributed by atoms with E-state index in [1.54, 1.807) is 0 Å². The van der Waals surface area contributed by atoms with Gasteiger partial charge in [-0.1, -0.05) is 20.8 Å². The number of nitrogens with two attached hydrogens (primary N) is 1. The summed E-state index contributed by atoms with van der Waals surface area (Å²) in [7, 11) is -2.96. The molecule has 6 heteroatoms. The average Bonchev–Trinajstić information content (AvgIpc) is 2.74. The molecule has 0 amide bonds. The topological polar surface area (TPSA) is 78.0 Å². The lowest BCUT2D eigenvalue weighted by Crippen LogP contribution is -2.18. The van der Waals surface area contributed by atoms with Crippen molar-refractivity contribution in [2.24, 2.45) is 5.73 Å². The van der Waals surface area contributed by atoms with Crippen LogP contribution in [0.5, 0.6) is 0 Å². The first-order valence-electron chi connectivity index (χ1n) is 7.46. The average molecular weight is 301 g/mol. The van der Waals surface area contributed by atoms with Crippen molar-refractivity contribution in [3.63, 3.8) is 0 Å². The lowest BCUT2D eigenvalue weighted by molar-refractivity contribution is 0.571. The highest BCUT2D eigenvalue weighted by Gasteiger charge is 2.17. The van der Waals surface area contributed by atoms with E-state index in [0.29, 0.717) is 19.5 Å². The Kier molecular flexibility index (Phi) is 6.68. The van der Waals surface area contributed by atoms with E-state index in [2.05, 4.69) is 18.9 Å². The van der Waals surface area contributed by atoms with Gasteiger partial charge in [0.05, 0.1) is 18.0 Å². The van der Waals surface area contributed by atoms with E-state index in [-0.39, 0.29) is 11.5 Å². The molecule has 116 valence electrons. The summed E-state index contributed by atoms with van der Waals surface area (Å²) in [5.41, 5.74) is 9.07. The van der Waals surface area contributed by atoms with Crippen molar-refractivity contribution in [3.05, 3.63) is 17.0 Å². The van der Waals surface area contributed by atoms with Gasteiger partial charge in [-0.3, -0.25) is 4.68 Å². The van der Waals surface area contributed by atoms with Crippen molar-refractivity contribution in [1.29, 1.82) is 0 Å². The van der Waals surface area contributed by atoms with E-state index in [1.807, 2.05) is 11.6 Å². The minimum Gasteiger partial charge on any atom is -0.330 e. The first-order valence-corrected chi connectivity index (χ1v) is 9.29. The zero-order valence-corrected chi connectivity index (χ0v) is 13.7. The molecule has 1 aromatic heterocycles. The summed E-state index contributed by atoms with van der Waals surface area (Å²) in [6.45, 7) is 7.08. The lowest BCUT2D eigenvalue weighted by Gasteiger charge is -2.08. The van der Waals surface area contributed by atoms with Crippen LogP contribution in [0.25, 0.3) is 0 Å². The molecular weight excluding hydrogens is 274 g/mol. The first-order chi connectivity index (χ1) is 9.49. The third kappa shape index (κ3) is 4.31. The van der Waals surface area contributed by atoms with Crippen LogP contribution < -0.4 is 5.73 Å². The number of sulfone groups is 1. The number of rotatable bonds is 9. The van der Waals surface area contributed by atoms with E-state index in [9.17, 15) is 8.42 Å². The second-order valence-electron chi connectivity index (χ2n) is 4.99. The molecule has 0 bridgehead atoms. The van der Waals surface area contributed by atoms with Crippen molar-refractivity contribution < 1.29 is 8.42 Å². The molecule has 0 saturated heterocycles. The van der Waals surface area contributed by atoms with Gasteiger partial charge < -0.3 is 5.73 Å². The molecule has 1 rings (SSSR count). The van der Waals surface area contributed by atoms with Crippen LogP contribution in [0, 0.1) is 0 Å². The molecule has 1 heterocycles. The van der Waals surface area contributed by atoms with Gasteiger partial charge in [-0.15, -0.1) is 0 Å². The molecule has 0 unspecified atom stereocenters. The van der Waals surface area contributed by atoms with Gasteiger partial charge >= 0.3 is 0 Å². The molecule has 20 heavy (non-hydrogen) atoms. The molecule has 2 N–H and O–H groups in total. The molecule has 1 aromatic rings. The Morgan fingerprint density at radius 3 is 2.35 bits per heavy atom. The fourth-order valence-electron chi connectivity index (χ4n) is 2.53. The second-order valence-corrected chi connectivity index (χ2v) is 7.30. The normalized spacial score (nSPS) is 12.0. The summed E-state index contributed by atoms with van der Waals surface area (Å²) in [5.74, 6) is 0.423. The summed E-state index contributed by atoms with van der Waals surface area (Å²) in [6.07, 6.45) is 3.20. The number of aryl methyl sites for hydroxylation is 2. The van der Waals surface area contributed by atoms with Gasteiger partial charge in [0.2, 0.25) is 0 Å². The fraction of sp³-hybridized carbons (Fsp3) is 0.786.